The van der Waals surface area contributed by atoms with Crippen molar-refractivity contribution >= 4 is 11.8 Å². The number of likely N-dealkylation sites (N-methyl/N-ethyl adjacent to an activating group) is 1. The van der Waals surface area contributed by atoms with Gasteiger partial charge in [-0.2, -0.15) is 0 Å². The van der Waals surface area contributed by atoms with Crippen molar-refractivity contribution in [3.63, 3.8) is 0 Å². The fourth-order valence-electron chi connectivity index (χ4n) is 7.67. The molecule has 0 saturated carbocycles. The molecule has 15 atom stereocenters. The fraction of sp³-hybridized carbons (Fsp3) is 0.939. The zero-order valence-corrected chi connectivity index (χ0v) is 28.7. The lowest BCUT2D eigenvalue weighted by Gasteiger charge is -2.48. The molecule has 260 valence electrons. The van der Waals surface area contributed by atoms with Crippen LogP contribution in [0.1, 0.15) is 74.7 Å². The molecule has 4 heterocycles. The molecule has 0 aromatic heterocycles. The first kappa shape index (κ1) is 36.6. The first-order valence-electron chi connectivity index (χ1n) is 16.6. The molecule has 4 aliphatic rings. The van der Waals surface area contributed by atoms with Crippen molar-refractivity contribution in [1.82, 2.24) is 4.90 Å². The fourth-order valence-corrected chi connectivity index (χ4v) is 7.67. The second-order valence-electron chi connectivity index (χ2n) is 14.9. The highest BCUT2D eigenvalue weighted by Gasteiger charge is 2.56. The van der Waals surface area contributed by atoms with Crippen molar-refractivity contribution in [2.75, 3.05) is 33.9 Å². The number of carbonyl (C=O) groups excluding carboxylic acids is 2. The lowest BCUT2D eigenvalue weighted by Crippen LogP contribution is -2.60. The number of esters is 1. The summed E-state index contributed by atoms with van der Waals surface area (Å²) in [5.74, 6) is -3.83. The summed E-state index contributed by atoms with van der Waals surface area (Å²) in [6.07, 6.45) is -5.32. The third-order valence-corrected chi connectivity index (χ3v) is 10.8. The number of aliphatic hydroxyl groups excluding tert-OH is 2. The van der Waals surface area contributed by atoms with E-state index in [1.165, 1.54) is 6.92 Å². The van der Waals surface area contributed by atoms with Gasteiger partial charge in [-0.05, 0) is 61.1 Å². The van der Waals surface area contributed by atoms with Gasteiger partial charge in [0.15, 0.2) is 6.29 Å². The number of rotatable bonds is 4. The number of nitrogens with zero attached hydrogens (tertiary/aromatic N) is 1. The van der Waals surface area contributed by atoms with E-state index in [1.54, 1.807) is 27.7 Å². The lowest BCUT2D eigenvalue weighted by molar-refractivity contribution is -0.303. The predicted octanol–water partition coefficient (Wildman–Crippen LogP) is 1.69. The number of Topliss-reactive ketones (excluding diaryl/α,β-unsaturated/α-hetero) is 1. The van der Waals surface area contributed by atoms with E-state index < -0.39 is 83.3 Å². The van der Waals surface area contributed by atoms with Crippen LogP contribution in [0.4, 0.5) is 0 Å². The Morgan fingerprint density at radius 1 is 0.978 bits per heavy atom. The molecular weight excluding hydrogens is 586 g/mol. The highest BCUT2D eigenvalue weighted by atomic mass is 16.7. The quantitative estimate of drug-likeness (QED) is 0.301. The number of hydrogen-bond donors (Lipinski definition) is 3. The average Bonchev–Trinajstić information content (AvgIpc) is 3.75. The van der Waals surface area contributed by atoms with Crippen LogP contribution in [-0.2, 0) is 38.0 Å². The molecule has 3 N–H and O–H groups in total. The molecule has 4 rings (SSSR count). The third-order valence-electron chi connectivity index (χ3n) is 10.8. The highest BCUT2D eigenvalue weighted by molar-refractivity contribution is 5.83. The van der Waals surface area contributed by atoms with Gasteiger partial charge in [-0.1, -0.05) is 27.7 Å². The molecule has 12 nitrogen and oxygen atoms in total. The molecule has 4 fully saturated rings. The molecule has 0 radical (unpaired) electrons. The maximum atomic E-state index is 13.9. The summed E-state index contributed by atoms with van der Waals surface area (Å²) in [4.78, 5) is 29.6. The summed E-state index contributed by atoms with van der Waals surface area (Å²) in [5, 5.41) is 34.2. The van der Waals surface area contributed by atoms with E-state index >= 15 is 0 Å². The van der Waals surface area contributed by atoms with Gasteiger partial charge in [0.05, 0.1) is 55.8 Å². The van der Waals surface area contributed by atoms with Gasteiger partial charge < -0.3 is 48.6 Å². The van der Waals surface area contributed by atoms with Crippen LogP contribution in [0.15, 0.2) is 0 Å². The Labute approximate surface area is 268 Å². The molecule has 1 spiro atoms. The monoisotopic (exact) mass is 643 g/mol. The minimum atomic E-state index is -1.88. The van der Waals surface area contributed by atoms with Crippen LogP contribution in [0, 0.1) is 23.7 Å². The van der Waals surface area contributed by atoms with Gasteiger partial charge >= 0.3 is 5.97 Å². The zero-order chi connectivity index (χ0) is 33.6. The molecular formula is C33H57NO11. The summed E-state index contributed by atoms with van der Waals surface area (Å²) >= 11 is 0. The number of cyclic esters (lactones) is 1. The van der Waals surface area contributed by atoms with E-state index in [4.69, 9.17) is 28.4 Å². The summed E-state index contributed by atoms with van der Waals surface area (Å²) in [5.41, 5.74) is -3.74. The third kappa shape index (κ3) is 7.44. The van der Waals surface area contributed by atoms with Crippen molar-refractivity contribution in [2.24, 2.45) is 23.7 Å². The van der Waals surface area contributed by atoms with Gasteiger partial charge in [-0.25, -0.2) is 0 Å². The number of ether oxygens (including phenoxy) is 6. The number of aliphatic hydroxyl groups is 3. The molecule has 0 aliphatic carbocycles. The van der Waals surface area contributed by atoms with Crippen LogP contribution in [0.5, 0.6) is 0 Å². The SMILES string of the molecule is CC[C@H]1OC(=O)[C@H](C)[C@H]2OCC3(CO3)CO[C@](C)(C[C@@H](C)C(=O)[C@H](C)[C@@H](O)[C@]1(C)O)[C@H](O[C@H]1O[C@H](C)C[C@H](N(C)C)[C@H]1O)[C@H]2C. The van der Waals surface area contributed by atoms with Gasteiger partial charge in [0.2, 0.25) is 0 Å². The molecule has 0 aromatic carbocycles. The van der Waals surface area contributed by atoms with E-state index in [2.05, 4.69) is 0 Å². The van der Waals surface area contributed by atoms with E-state index in [-0.39, 0.29) is 44.0 Å². The number of fused-ring (bicyclic) bond motifs is 3. The summed E-state index contributed by atoms with van der Waals surface area (Å²) < 4.78 is 37.9. The molecule has 4 saturated heterocycles. The Balaban J connectivity index is 1.82. The molecule has 2 bridgehead atoms. The van der Waals surface area contributed by atoms with Crippen molar-refractivity contribution in [3.05, 3.63) is 0 Å². The van der Waals surface area contributed by atoms with E-state index in [9.17, 15) is 24.9 Å². The van der Waals surface area contributed by atoms with Crippen molar-refractivity contribution in [3.8, 4) is 0 Å². The molecule has 45 heavy (non-hydrogen) atoms. The normalized spacial score (nSPS) is 50.4. The van der Waals surface area contributed by atoms with Crippen molar-refractivity contribution in [2.45, 2.75) is 140 Å². The van der Waals surface area contributed by atoms with Crippen LogP contribution in [-0.4, -0.2) is 132 Å². The standard InChI is InChI=1S/C33H57NO11/c1-11-23-32(8,39)27(37)19(4)24(35)17(2)13-31(7)28(45-30-25(36)22(34(9)10)12-18(3)43-30)20(5)26(21(6)29(38)44-23)40-14-33(15-41-31)16-42-33/h17-23,25-28,30,36-37,39H,11-16H2,1-10H3/t17-,18-,19+,20+,21-,22+,23-,25-,26+,27-,28-,30-,31-,32-,33?/m1/s1. The van der Waals surface area contributed by atoms with Gasteiger partial charge in [0.1, 0.15) is 29.2 Å². The van der Waals surface area contributed by atoms with Gasteiger partial charge in [-0.3, -0.25) is 9.59 Å². The van der Waals surface area contributed by atoms with E-state index in [0.717, 1.165) is 0 Å². The number of hydrogen-bond acceptors (Lipinski definition) is 12. The lowest BCUT2D eigenvalue weighted by atomic mass is 9.74. The predicted molar refractivity (Wildman–Crippen MR) is 163 cm³/mol. The second-order valence-corrected chi connectivity index (χ2v) is 14.9. The zero-order valence-electron chi connectivity index (χ0n) is 28.7. The Kier molecular flexibility index (Phi) is 11.2. The Bertz CT molecular complexity index is 1050. The number of carbonyl (C=O) groups is 2. The van der Waals surface area contributed by atoms with Crippen molar-refractivity contribution in [1.29, 1.82) is 0 Å². The van der Waals surface area contributed by atoms with Gasteiger partial charge in [0.25, 0.3) is 0 Å². The van der Waals surface area contributed by atoms with Gasteiger partial charge in [0, 0.05) is 23.8 Å². The number of epoxide rings is 1. The maximum Gasteiger partial charge on any atom is 0.311 e. The maximum absolute atomic E-state index is 13.9. The minimum absolute atomic E-state index is 0.165. The highest BCUT2D eigenvalue weighted by Crippen LogP contribution is 2.43. The summed E-state index contributed by atoms with van der Waals surface area (Å²) in [6, 6.07) is -0.221. The van der Waals surface area contributed by atoms with Crippen LogP contribution in [0.2, 0.25) is 0 Å². The topological polar surface area (TPSA) is 157 Å². The smallest absolute Gasteiger partial charge is 0.311 e. The van der Waals surface area contributed by atoms with Crippen molar-refractivity contribution < 1.29 is 53.3 Å². The average molecular weight is 644 g/mol. The molecule has 4 aliphatic heterocycles. The summed E-state index contributed by atoms with van der Waals surface area (Å²) in [7, 11) is 3.80. The molecule has 0 aromatic rings. The van der Waals surface area contributed by atoms with Crippen LogP contribution in [0.25, 0.3) is 0 Å². The first-order chi connectivity index (χ1) is 20.9. The van der Waals surface area contributed by atoms with E-state index in [1.807, 2.05) is 39.8 Å². The first-order valence-corrected chi connectivity index (χ1v) is 16.6. The molecule has 12 heteroatoms. The summed E-state index contributed by atoms with van der Waals surface area (Å²) in [6.45, 7) is 14.7. The molecule has 1 unspecified atom stereocenters. The second kappa shape index (κ2) is 13.7. The van der Waals surface area contributed by atoms with Crippen LogP contribution < -0.4 is 0 Å². The minimum Gasteiger partial charge on any atom is -0.459 e. The largest absolute Gasteiger partial charge is 0.459 e. The Morgan fingerprint density at radius 3 is 2.18 bits per heavy atom. The Morgan fingerprint density at radius 2 is 1.60 bits per heavy atom. The van der Waals surface area contributed by atoms with Gasteiger partial charge in [-0.15, -0.1) is 0 Å². The molecule has 0 amide bonds. The van der Waals surface area contributed by atoms with Crippen LogP contribution in [0.3, 0.4) is 0 Å². The Hall–Kier alpha value is -1.22. The van der Waals surface area contributed by atoms with E-state index in [0.29, 0.717) is 13.0 Å². The van der Waals surface area contributed by atoms with Crippen LogP contribution >= 0.6 is 0 Å². The number of ketones is 1.